The fourth-order valence-electron chi connectivity index (χ4n) is 1.51. The smallest absolute Gasteiger partial charge is 0.401 e. The van der Waals surface area contributed by atoms with E-state index in [9.17, 15) is 9.59 Å². The SMILES string of the molecule is O[Si](O)(c1ccccc1)c1ccccc1.[Na].[Na]. The van der Waals surface area contributed by atoms with Gasteiger partial charge in [-0.3, -0.25) is 0 Å². The molecule has 2 rings (SSSR count). The molecule has 0 aliphatic carbocycles. The van der Waals surface area contributed by atoms with Crippen LogP contribution in [0.4, 0.5) is 0 Å². The minimum absolute atomic E-state index is 0. The number of hydrogen-bond donors (Lipinski definition) is 2. The third kappa shape index (κ3) is 4.31. The fourth-order valence-corrected chi connectivity index (χ4v) is 3.16. The maximum absolute atomic E-state index is 10.2. The summed E-state index contributed by atoms with van der Waals surface area (Å²) in [5, 5.41) is 1.22. The molecule has 0 atom stereocenters. The monoisotopic (exact) mass is 262 g/mol. The molecule has 2 radical (unpaired) electrons. The summed E-state index contributed by atoms with van der Waals surface area (Å²) in [4.78, 5) is 20.3. The molecule has 2 N–H and O–H groups in total. The molecule has 2 aromatic carbocycles. The zero-order chi connectivity index (χ0) is 10.7. The van der Waals surface area contributed by atoms with Gasteiger partial charge < -0.3 is 9.59 Å². The summed E-state index contributed by atoms with van der Waals surface area (Å²) in [5.74, 6) is 0. The average Bonchev–Trinajstić information content (AvgIpc) is 2.31. The van der Waals surface area contributed by atoms with Crippen molar-refractivity contribution in [1.29, 1.82) is 0 Å². The van der Waals surface area contributed by atoms with Crippen LogP contribution in [0.1, 0.15) is 0 Å². The van der Waals surface area contributed by atoms with Gasteiger partial charge in [-0.15, -0.1) is 0 Å². The van der Waals surface area contributed by atoms with Gasteiger partial charge in [0.05, 0.1) is 0 Å². The third-order valence-electron chi connectivity index (χ3n) is 2.35. The molecule has 0 saturated carbocycles. The molecule has 0 heterocycles. The van der Waals surface area contributed by atoms with Gasteiger partial charge in [-0.1, -0.05) is 60.7 Å². The molecule has 0 spiro atoms. The average molecular weight is 262 g/mol. The van der Waals surface area contributed by atoms with E-state index in [-0.39, 0.29) is 59.1 Å². The summed E-state index contributed by atoms with van der Waals surface area (Å²) < 4.78 is 0. The van der Waals surface area contributed by atoms with Crippen molar-refractivity contribution in [2.45, 2.75) is 0 Å². The van der Waals surface area contributed by atoms with Crippen LogP contribution in [0, 0.1) is 0 Å². The van der Waals surface area contributed by atoms with Crippen molar-refractivity contribution in [3.05, 3.63) is 60.7 Å². The quantitative estimate of drug-likeness (QED) is 0.714. The van der Waals surface area contributed by atoms with Crippen molar-refractivity contribution in [3.63, 3.8) is 0 Å². The molecule has 0 saturated heterocycles. The molecule has 0 fully saturated rings. The molecule has 2 aromatic rings. The Morgan fingerprint density at radius 2 is 0.882 bits per heavy atom. The first-order valence-corrected chi connectivity index (χ1v) is 6.66. The van der Waals surface area contributed by atoms with E-state index in [1.807, 2.05) is 36.4 Å². The topological polar surface area (TPSA) is 40.5 Å². The van der Waals surface area contributed by atoms with Crippen LogP contribution in [0.25, 0.3) is 0 Å². The van der Waals surface area contributed by atoms with E-state index in [4.69, 9.17) is 0 Å². The molecule has 78 valence electrons. The van der Waals surface area contributed by atoms with Crippen LogP contribution in [-0.2, 0) is 0 Å². The van der Waals surface area contributed by atoms with Gasteiger partial charge in [0.1, 0.15) is 0 Å². The molecule has 2 nitrogen and oxygen atoms in total. The zero-order valence-corrected chi connectivity index (χ0v) is 15.2. The Kier molecular flexibility index (Phi) is 8.16. The summed E-state index contributed by atoms with van der Waals surface area (Å²) in [6, 6.07) is 18.0. The number of hydrogen-bond acceptors (Lipinski definition) is 2. The second-order valence-electron chi connectivity index (χ2n) is 3.40. The van der Waals surface area contributed by atoms with Crippen LogP contribution < -0.4 is 10.4 Å². The Hall–Kier alpha value is 0.577. The van der Waals surface area contributed by atoms with Gasteiger partial charge in [-0.2, -0.15) is 0 Å². The molecule has 0 aliphatic heterocycles. The summed E-state index contributed by atoms with van der Waals surface area (Å²) in [6.07, 6.45) is 0. The van der Waals surface area contributed by atoms with Crippen LogP contribution in [0.3, 0.4) is 0 Å². The molecule has 5 heteroatoms. The number of benzene rings is 2. The largest absolute Gasteiger partial charge is 0.404 e. The fraction of sp³-hybridized carbons (Fsp3) is 0. The second-order valence-corrected chi connectivity index (χ2v) is 5.90. The van der Waals surface area contributed by atoms with E-state index in [2.05, 4.69) is 0 Å². The Bertz CT molecular complexity index is 393. The van der Waals surface area contributed by atoms with E-state index >= 15 is 0 Å². The summed E-state index contributed by atoms with van der Waals surface area (Å²) >= 11 is 0. The normalized spacial score (nSPS) is 10.0. The first-order valence-electron chi connectivity index (χ1n) is 4.77. The van der Waals surface area contributed by atoms with Crippen molar-refractivity contribution in [1.82, 2.24) is 0 Å². The van der Waals surface area contributed by atoms with Crippen molar-refractivity contribution < 1.29 is 9.59 Å². The van der Waals surface area contributed by atoms with Crippen molar-refractivity contribution in [3.8, 4) is 0 Å². The Morgan fingerprint density at radius 3 is 1.18 bits per heavy atom. The van der Waals surface area contributed by atoms with Crippen LogP contribution in [0.5, 0.6) is 0 Å². The molecule has 0 aromatic heterocycles. The summed E-state index contributed by atoms with van der Waals surface area (Å²) in [6.45, 7) is 0. The van der Waals surface area contributed by atoms with E-state index in [0.29, 0.717) is 10.4 Å². The molecule has 0 unspecified atom stereocenters. The first kappa shape index (κ1) is 17.6. The number of rotatable bonds is 2. The molecule has 0 bridgehead atoms. The van der Waals surface area contributed by atoms with Gasteiger partial charge >= 0.3 is 8.56 Å². The standard InChI is InChI=1S/C12H12O2Si.2Na/c13-15(14,11-7-3-1-4-8-11)12-9-5-2-6-10-12;;/h1-10,13-14H;;. The van der Waals surface area contributed by atoms with Gasteiger partial charge in [0, 0.05) is 59.1 Å². The molecular weight excluding hydrogens is 250 g/mol. The Balaban J connectivity index is 0.00000128. The zero-order valence-electron chi connectivity index (χ0n) is 10.2. The predicted molar refractivity (Wildman–Crippen MR) is 73.9 cm³/mol. The maximum atomic E-state index is 10.2. The van der Waals surface area contributed by atoms with Gasteiger partial charge in [-0.05, 0) is 10.4 Å². The van der Waals surface area contributed by atoms with Crippen molar-refractivity contribution in [2.24, 2.45) is 0 Å². The van der Waals surface area contributed by atoms with Crippen molar-refractivity contribution in [2.75, 3.05) is 0 Å². The third-order valence-corrected chi connectivity index (χ3v) is 4.63. The van der Waals surface area contributed by atoms with Gasteiger partial charge in [0.25, 0.3) is 0 Å². The Labute approximate surface area is 147 Å². The van der Waals surface area contributed by atoms with Crippen LogP contribution in [-0.4, -0.2) is 77.3 Å². The van der Waals surface area contributed by atoms with Gasteiger partial charge in [0.2, 0.25) is 0 Å². The molecule has 17 heavy (non-hydrogen) atoms. The van der Waals surface area contributed by atoms with Crippen LogP contribution in [0.2, 0.25) is 0 Å². The van der Waals surface area contributed by atoms with E-state index in [1.165, 1.54) is 0 Å². The first-order chi connectivity index (χ1) is 7.21. The minimum atomic E-state index is -3.46. The molecule has 0 aliphatic rings. The molecule has 0 amide bonds. The Morgan fingerprint density at radius 1 is 0.588 bits per heavy atom. The van der Waals surface area contributed by atoms with E-state index in [1.54, 1.807) is 24.3 Å². The molecular formula is C12H12Na2O2Si. The van der Waals surface area contributed by atoms with Gasteiger partial charge in [0.15, 0.2) is 0 Å². The van der Waals surface area contributed by atoms with Crippen molar-refractivity contribution >= 4 is 78.0 Å². The van der Waals surface area contributed by atoms with Crippen LogP contribution in [0.15, 0.2) is 60.7 Å². The minimum Gasteiger partial charge on any atom is -0.404 e. The predicted octanol–water partition coefficient (Wildman–Crippen LogP) is -0.534. The summed E-state index contributed by atoms with van der Waals surface area (Å²) in [5.41, 5.74) is 0. The van der Waals surface area contributed by atoms with Crippen LogP contribution >= 0.6 is 0 Å². The maximum Gasteiger partial charge on any atom is 0.401 e. The summed E-state index contributed by atoms with van der Waals surface area (Å²) in [7, 11) is -3.46. The van der Waals surface area contributed by atoms with E-state index < -0.39 is 8.56 Å². The van der Waals surface area contributed by atoms with Gasteiger partial charge in [-0.25, -0.2) is 0 Å². The second kappa shape index (κ2) is 7.89. The van der Waals surface area contributed by atoms with E-state index in [0.717, 1.165) is 0 Å².